The lowest BCUT2D eigenvalue weighted by atomic mass is 10.2. The summed E-state index contributed by atoms with van der Waals surface area (Å²) in [6.45, 7) is 11.0. The van der Waals surface area contributed by atoms with E-state index in [-0.39, 0.29) is 11.5 Å². The van der Waals surface area contributed by atoms with Gasteiger partial charge in [0.25, 0.3) is 5.56 Å². The van der Waals surface area contributed by atoms with Crippen LogP contribution >= 0.6 is 0 Å². The van der Waals surface area contributed by atoms with E-state index >= 15 is 0 Å². The van der Waals surface area contributed by atoms with Gasteiger partial charge >= 0.3 is 5.69 Å². The number of hydrogen-bond donors (Lipinski definition) is 1. The number of H-pyrrole nitrogens is 1. The summed E-state index contributed by atoms with van der Waals surface area (Å²) >= 11 is 0. The van der Waals surface area contributed by atoms with Gasteiger partial charge in [0.2, 0.25) is 0 Å². The number of aromatic amines is 1. The molecular formula is C15H25FN2O4Si. The third-order valence-corrected chi connectivity index (χ3v) is 9.19. The molecule has 2 heterocycles. The van der Waals surface area contributed by atoms with Crippen molar-refractivity contribution in [2.45, 2.75) is 63.8 Å². The van der Waals surface area contributed by atoms with Gasteiger partial charge in [0, 0.05) is 18.7 Å². The average molecular weight is 344 g/mol. The molecule has 1 saturated heterocycles. The van der Waals surface area contributed by atoms with E-state index in [0.29, 0.717) is 6.61 Å². The van der Waals surface area contributed by atoms with Crippen LogP contribution in [-0.4, -0.2) is 36.8 Å². The van der Waals surface area contributed by atoms with E-state index in [2.05, 4.69) is 38.8 Å². The van der Waals surface area contributed by atoms with E-state index < -0.39 is 38.1 Å². The minimum absolute atomic E-state index is 0.0655. The highest BCUT2D eigenvalue weighted by molar-refractivity contribution is 6.74. The molecule has 8 heteroatoms. The summed E-state index contributed by atoms with van der Waals surface area (Å²) in [4.78, 5) is 25.0. The molecule has 1 aromatic heterocycles. The summed E-state index contributed by atoms with van der Waals surface area (Å²) in [6, 6.07) is 1.18. The Balaban J connectivity index is 2.04. The van der Waals surface area contributed by atoms with Gasteiger partial charge in [-0.05, 0) is 18.1 Å². The van der Waals surface area contributed by atoms with E-state index in [4.69, 9.17) is 9.16 Å². The molecule has 0 aliphatic carbocycles. The molecule has 0 amide bonds. The van der Waals surface area contributed by atoms with Crippen molar-refractivity contribution in [3.63, 3.8) is 0 Å². The Morgan fingerprint density at radius 1 is 1.43 bits per heavy atom. The van der Waals surface area contributed by atoms with Crippen molar-refractivity contribution in [1.82, 2.24) is 9.55 Å². The van der Waals surface area contributed by atoms with Crippen molar-refractivity contribution in [1.29, 1.82) is 0 Å². The Morgan fingerprint density at radius 3 is 2.65 bits per heavy atom. The third kappa shape index (κ3) is 3.99. The van der Waals surface area contributed by atoms with E-state index in [1.807, 2.05) is 0 Å². The lowest BCUT2D eigenvalue weighted by molar-refractivity contribution is -0.0374. The SMILES string of the molecule is CC(C)(C)[Si](C)(C)OC[C@@H]1C[C@@H](F)[C@H](n2ccc(=O)[nH]c2=O)O1. The smallest absolute Gasteiger partial charge is 0.330 e. The van der Waals surface area contributed by atoms with Crippen LogP contribution in [0.25, 0.3) is 0 Å². The molecule has 0 saturated carbocycles. The number of nitrogens with one attached hydrogen (secondary N) is 1. The van der Waals surface area contributed by atoms with Crippen molar-refractivity contribution < 1.29 is 13.6 Å². The predicted molar refractivity (Wildman–Crippen MR) is 87.9 cm³/mol. The standard InChI is InChI=1S/C15H25FN2O4Si/c1-15(2,3)23(4,5)21-9-10-8-11(16)13(22-10)18-7-6-12(19)17-14(18)20/h6-7,10-11,13H,8-9H2,1-5H3,(H,17,19,20)/t10-,11+,13+/m0/s1. The summed E-state index contributed by atoms with van der Waals surface area (Å²) in [5, 5.41) is 0.0655. The summed E-state index contributed by atoms with van der Waals surface area (Å²) in [7, 11) is -1.93. The highest BCUT2D eigenvalue weighted by Crippen LogP contribution is 2.38. The predicted octanol–water partition coefficient (Wildman–Crippen LogP) is 2.18. The third-order valence-electron chi connectivity index (χ3n) is 4.69. The fourth-order valence-electron chi connectivity index (χ4n) is 2.20. The van der Waals surface area contributed by atoms with Crippen molar-refractivity contribution in [2.75, 3.05) is 6.61 Å². The Labute approximate surface area is 135 Å². The molecule has 6 nitrogen and oxygen atoms in total. The van der Waals surface area contributed by atoms with Gasteiger partial charge in [-0.25, -0.2) is 9.18 Å². The van der Waals surface area contributed by atoms with Gasteiger partial charge in [0.1, 0.15) is 6.17 Å². The molecule has 0 unspecified atom stereocenters. The highest BCUT2D eigenvalue weighted by Gasteiger charge is 2.41. The van der Waals surface area contributed by atoms with Gasteiger partial charge < -0.3 is 9.16 Å². The minimum atomic E-state index is -1.93. The molecule has 0 bridgehead atoms. The van der Waals surface area contributed by atoms with Gasteiger partial charge in [0.15, 0.2) is 14.5 Å². The number of alkyl halides is 1. The van der Waals surface area contributed by atoms with Crippen LogP contribution < -0.4 is 11.2 Å². The van der Waals surface area contributed by atoms with E-state index in [1.54, 1.807) is 0 Å². The summed E-state index contributed by atoms with van der Waals surface area (Å²) < 4.78 is 27.0. The molecule has 1 N–H and O–H groups in total. The first-order chi connectivity index (χ1) is 10.5. The summed E-state index contributed by atoms with van der Waals surface area (Å²) in [5.41, 5.74) is -1.19. The van der Waals surface area contributed by atoms with Crippen molar-refractivity contribution in [3.8, 4) is 0 Å². The van der Waals surface area contributed by atoms with Crippen LogP contribution in [0.1, 0.15) is 33.4 Å². The maximum atomic E-state index is 14.2. The number of rotatable bonds is 4. The van der Waals surface area contributed by atoms with Gasteiger partial charge in [-0.1, -0.05) is 20.8 Å². The maximum absolute atomic E-state index is 14.2. The molecule has 2 rings (SSSR count). The van der Waals surface area contributed by atoms with Gasteiger partial charge in [0.05, 0.1) is 12.7 Å². The molecule has 0 aromatic carbocycles. The van der Waals surface area contributed by atoms with Gasteiger partial charge in [-0.3, -0.25) is 14.3 Å². The fourth-order valence-corrected chi connectivity index (χ4v) is 3.23. The number of ether oxygens (including phenoxy) is 1. The maximum Gasteiger partial charge on any atom is 0.330 e. The summed E-state index contributed by atoms with van der Waals surface area (Å²) in [5.74, 6) is 0. The number of nitrogens with zero attached hydrogens (tertiary/aromatic N) is 1. The normalized spacial score (nSPS) is 25.7. The molecule has 130 valence electrons. The molecule has 0 spiro atoms. The monoisotopic (exact) mass is 344 g/mol. The van der Waals surface area contributed by atoms with Crippen LogP contribution in [0.3, 0.4) is 0 Å². The largest absolute Gasteiger partial charge is 0.414 e. The second-order valence-electron chi connectivity index (χ2n) is 7.49. The van der Waals surface area contributed by atoms with E-state index in [1.165, 1.54) is 12.3 Å². The lowest BCUT2D eigenvalue weighted by Gasteiger charge is -2.36. The Bertz CT molecular complexity index is 664. The summed E-state index contributed by atoms with van der Waals surface area (Å²) in [6.07, 6.45) is -1.30. The van der Waals surface area contributed by atoms with Crippen LogP contribution in [0.4, 0.5) is 4.39 Å². The molecule has 1 aromatic rings. The number of aromatic nitrogens is 2. The second-order valence-corrected chi connectivity index (χ2v) is 12.3. The van der Waals surface area contributed by atoms with Crippen molar-refractivity contribution in [2.24, 2.45) is 0 Å². The minimum Gasteiger partial charge on any atom is -0.414 e. The second kappa shape index (κ2) is 6.33. The molecule has 1 aliphatic rings. The van der Waals surface area contributed by atoms with Crippen LogP contribution in [0.2, 0.25) is 18.1 Å². The number of hydrogen-bond acceptors (Lipinski definition) is 4. The number of halogens is 1. The first-order valence-corrected chi connectivity index (χ1v) is 10.7. The Hall–Kier alpha value is -1.25. The lowest BCUT2D eigenvalue weighted by Crippen LogP contribution is -2.42. The van der Waals surface area contributed by atoms with Crippen LogP contribution in [0, 0.1) is 0 Å². The van der Waals surface area contributed by atoms with E-state index in [9.17, 15) is 14.0 Å². The molecular weight excluding hydrogens is 319 g/mol. The van der Waals surface area contributed by atoms with Gasteiger partial charge in [-0.15, -0.1) is 0 Å². The Kier molecular flexibility index (Phi) is 4.98. The molecule has 23 heavy (non-hydrogen) atoms. The topological polar surface area (TPSA) is 73.3 Å². The zero-order valence-electron chi connectivity index (χ0n) is 14.3. The Morgan fingerprint density at radius 2 is 2.09 bits per heavy atom. The fraction of sp³-hybridized carbons (Fsp3) is 0.733. The quantitative estimate of drug-likeness (QED) is 0.850. The molecule has 0 radical (unpaired) electrons. The highest BCUT2D eigenvalue weighted by atomic mass is 28.4. The first kappa shape index (κ1) is 18.1. The van der Waals surface area contributed by atoms with Crippen molar-refractivity contribution >= 4 is 8.32 Å². The van der Waals surface area contributed by atoms with E-state index in [0.717, 1.165) is 4.57 Å². The average Bonchev–Trinajstić information content (AvgIpc) is 2.76. The zero-order chi connectivity index (χ0) is 17.4. The zero-order valence-corrected chi connectivity index (χ0v) is 15.3. The first-order valence-electron chi connectivity index (χ1n) is 7.76. The van der Waals surface area contributed by atoms with Crippen LogP contribution in [-0.2, 0) is 9.16 Å². The van der Waals surface area contributed by atoms with Crippen LogP contribution in [0.15, 0.2) is 21.9 Å². The molecule has 1 fully saturated rings. The van der Waals surface area contributed by atoms with Gasteiger partial charge in [-0.2, -0.15) is 0 Å². The van der Waals surface area contributed by atoms with Crippen molar-refractivity contribution in [3.05, 3.63) is 33.1 Å². The van der Waals surface area contributed by atoms with Crippen LogP contribution in [0.5, 0.6) is 0 Å². The molecule has 3 atom stereocenters. The molecule has 1 aliphatic heterocycles.